The third-order valence-electron chi connectivity index (χ3n) is 2.39. The normalized spacial score (nSPS) is 10.6. The average molecular weight is 279 g/mol. The molecule has 0 amide bonds. The number of aryl methyl sites for hydroxylation is 2. The van der Waals surface area contributed by atoms with Crippen molar-refractivity contribution in [2.45, 2.75) is 26.3 Å². The number of fused-ring (bicyclic) bond motifs is 1. The number of rotatable bonds is 3. The first-order chi connectivity index (χ1) is 7.76. The van der Waals surface area contributed by atoms with E-state index in [-0.39, 0.29) is 0 Å². The summed E-state index contributed by atoms with van der Waals surface area (Å²) in [4.78, 5) is 8.85. The van der Waals surface area contributed by atoms with E-state index >= 15 is 0 Å². The zero-order valence-corrected chi connectivity index (χ0v) is 10.5. The number of halogens is 1. The number of hydrogen-bond acceptors (Lipinski definition) is 3. The summed E-state index contributed by atoms with van der Waals surface area (Å²) in [6.07, 6.45) is 3.09. The van der Waals surface area contributed by atoms with Gasteiger partial charge in [-0.2, -0.15) is 5.26 Å². The predicted molar refractivity (Wildman–Crippen MR) is 64.8 cm³/mol. The standard InChI is InChI=1S/C11H11BrN4/c1-2-10-15-9-6-8(12)7-14-11(9)16(10)5-3-4-13/h6-7H,2-3,5H2,1H3. The first kappa shape index (κ1) is 11.1. The maximum Gasteiger partial charge on any atom is 0.160 e. The Kier molecular flexibility index (Phi) is 3.20. The van der Waals surface area contributed by atoms with Crippen LogP contribution >= 0.6 is 15.9 Å². The van der Waals surface area contributed by atoms with Crippen molar-refractivity contribution < 1.29 is 0 Å². The van der Waals surface area contributed by atoms with Crippen LogP contribution in [0.15, 0.2) is 16.7 Å². The van der Waals surface area contributed by atoms with E-state index in [0.717, 1.165) is 27.9 Å². The first-order valence-electron chi connectivity index (χ1n) is 5.14. The number of pyridine rings is 1. The summed E-state index contributed by atoms with van der Waals surface area (Å²) in [6.45, 7) is 2.71. The summed E-state index contributed by atoms with van der Waals surface area (Å²) < 4.78 is 2.94. The maximum absolute atomic E-state index is 8.63. The zero-order chi connectivity index (χ0) is 11.5. The van der Waals surface area contributed by atoms with Crippen molar-refractivity contribution in [3.63, 3.8) is 0 Å². The molecule has 5 heteroatoms. The second-order valence-electron chi connectivity index (χ2n) is 3.44. The summed E-state index contributed by atoms with van der Waals surface area (Å²) in [6, 6.07) is 4.10. The predicted octanol–water partition coefficient (Wildman–Crippen LogP) is 2.67. The Morgan fingerprint density at radius 3 is 3.06 bits per heavy atom. The van der Waals surface area contributed by atoms with Crippen molar-refractivity contribution >= 4 is 27.1 Å². The summed E-state index contributed by atoms with van der Waals surface area (Å²) in [5.74, 6) is 0.982. The lowest BCUT2D eigenvalue weighted by atomic mass is 10.4. The summed E-state index contributed by atoms with van der Waals surface area (Å²) in [5, 5.41) is 8.63. The van der Waals surface area contributed by atoms with Gasteiger partial charge in [-0.1, -0.05) is 6.92 Å². The number of imidazole rings is 1. The Morgan fingerprint density at radius 2 is 2.38 bits per heavy atom. The third kappa shape index (κ3) is 1.93. The summed E-state index contributed by atoms with van der Waals surface area (Å²) in [7, 11) is 0. The van der Waals surface area contributed by atoms with Gasteiger partial charge in [0.15, 0.2) is 5.65 Å². The Bertz CT molecular complexity index is 553. The molecule has 0 atom stereocenters. The van der Waals surface area contributed by atoms with Gasteiger partial charge >= 0.3 is 0 Å². The van der Waals surface area contributed by atoms with E-state index in [1.165, 1.54) is 0 Å². The van der Waals surface area contributed by atoms with E-state index < -0.39 is 0 Å². The molecule has 0 aromatic carbocycles. The van der Waals surface area contributed by atoms with Crippen molar-refractivity contribution in [2.75, 3.05) is 0 Å². The van der Waals surface area contributed by atoms with Crippen LogP contribution in [0, 0.1) is 11.3 Å². The van der Waals surface area contributed by atoms with Gasteiger partial charge in [-0.3, -0.25) is 0 Å². The number of aromatic nitrogens is 3. The van der Waals surface area contributed by atoms with Crippen LogP contribution in [-0.2, 0) is 13.0 Å². The Hall–Kier alpha value is -1.41. The molecule has 0 aliphatic carbocycles. The van der Waals surface area contributed by atoms with Crippen molar-refractivity contribution in [1.82, 2.24) is 14.5 Å². The fraction of sp³-hybridized carbons (Fsp3) is 0.364. The monoisotopic (exact) mass is 278 g/mol. The van der Waals surface area contributed by atoms with Crippen LogP contribution in [0.4, 0.5) is 0 Å². The fourth-order valence-electron chi connectivity index (χ4n) is 1.70. The largest absolute Gasteiger partial charge is 0.312 e. The molecule has 4 nitrogen and oxygen atoms in total. The highest BCUT2D eigenvalue weighted by molar-refractivity contribution is 9.10. The molecular formula is C11H11BrN4. The van der Waals surface area contributed by atoms with Gasteiger partial charge in [0.1, 0.15) is 11.3 Å². The molecule has 2 rings (SSSR count). The Labute approximate surface area is 102 Å². The van der Waals surface area contributed by atoms with Crippen molar-refractivity contribution in [3.8, 4) is 6.07 Å². The molecule has 0 fully saturated rings. The molecular weight excluding hydrogens is 268 g/mol. The topological polar surface area (TPSA) is 54.5 Å². The van der Waals surface area contributed by atoms with Crippen molar-refractivity contribution in [2.24, 2.45) is 0 Å². The number of nitriles is 1. The quantitative estimate of drug-likeness (QED) is 0.867. The molecule has 2 aromatic rings. The molecule has 0 aliphatic heterocycles. The SMILES string of the molecule is CCc1nc2cc(Br)cnc2n1CCC#N. The van der Waals surface area contributed by atoms with E-state index in [1.54, 1.807) is 6.20 Å². The highest BCUT2D eigenvalue weighted by Crippen LogP contribution is 2.19. The second-order valence-corrected chi connectivity index (χ2v) is 4.35. The van der Waals surface area contributed by atoms with E-state index in [0.29, 0.717) is 13.0 Å². The van der Waals surface area contributed by atoms with Gasteiger partial charge in [-0.15, -0.1) is 0 Å². The highest BCUT2D eigenvalue weighted by atomic mass is 79.9. The molecule has 2 aromatic heterocycles. The molecule has 0 spiro atoms. The van der Waals surface area contributed by atoms with Gasteiger partial charge in [0.25, 0.3) is 0 Å². The fourth-order valence-corrected chi connectivity index (χ4v) is 2.02. The average Bonchev–Trinajstić information content (AvgIpc) is 2.63. The van der Waals surface area contributed by atoms with Crippen molar-refractivity contribution in [1.29, 1.82) is 5.26 Å². The van der Waals surface area contributed by atoms with Crippen LogP contribution in [0.1, 0.15) is 19.2 Å². The van der Waals surface area contributed by atoms with Gasteiger partial charge < -0.3 is 4.57 Å². The van der Waals surface area contributed by atoms with Crippen LogP contribution in [0.25, 0.3) is 11.2 Å². The molecule has 0 unspecified atom stereocenters. The highest BCUT2D eigenvalue weighted by Gasteiger charge is 2.10. The second kappa shape index (κ2) is 4.62. The van der Waals surface area contributed by atoms with Crippen LogP contribution in [0.3, 0.4) is 0 Å². The molecule has 2 heterocycles. The summed E-state index contributed by atoms with van der Waals surface area (Å²) in [5.41, 5.74) is 1.74. The Balaban J connectivity index is 2.55. The van der Waals surface area contributed by atoms with Gasteiger partial charge in [-0.05, 0) is 22.0 Å². The third-order valence-corrected chi connectivity index (χ3v) is 2.83. The first-order valence-corrected chi connectivity index (χ1v) is 5.93. The smallest absolute Gasteiger partial charge is 0.160 e. The molecule has 0 bridgehead atoms. The number of nitrogens with zero attached hydrogens (tertiary/aromatic N) is 4. The number of hydrogen-bond donors (Lipinski definition) is 0. The minimum Gasteiger partial charge on any atom is -0.312 e. The van der Waals surface area contributed by atoms with E-state index in [1.807, 2.05) is 10.6 Å². The lowest BCUT2D eigenvalue weighted by Gasteiger charge is -2.03. The van der Waals surface area contributed by atoms with E-state index in [9.17, 15) is 0 Å². The van der Waals surface area contributed by atoms with Gasteiger partial charge in [0, 0.05) is 23.6 Å². The lowest BCUT2D eigenvalue weighted by molar-refractivity contribution is 0.684. The van der Waals surface area contributed by atoms with E-state index in [4.69, 9.17) is 5.26 Å². The molecule has 0 saturated heterocycles. The molecule has 0 N–H and O–H groups in total. The van der Waals surface area contributed by atoms with Crippen LogP contribution in [0.5, 0.6) is 0 Å². The van der Waals surface area contributed by atoms with Crippen molar-refractivity contribution in [3.05, 3.63) is 22.6 Å². The molecule has 16 heavy (non-hydrogen) atoms. The molecule has 0 aliphatic rings. The van der Waals surface area contributed by atoms with Crippen LogP contribution < -0.4 is 0 Å². The molecule has 82 valence electrons. The van der Waals surface area contributed by atoms with Gasteiger partial charge in [0.05, 0.1) is 12.5 Å². The van der Waals surface area contributed by atoms with E-state index in [2.05, 4.69) is 38.9 Å². The maximum atomic E-state index is 8.63. The molecule has 0 radical (unpaired) electrons. The van der Waals surface area contributed by atoms with Crippen LogP contribution in [-0.4, -0.2) is 14.5 Å². The zero-order valence-electron chi connectivity index (χ0n) is 8.94. The minimum atomic E-state index is 0.482. The summed E-state index contributed by atoms with van der Waals surface area (Å²) >= 11 is 3.38. The lowest BCUT2D eigenvalue weighted by Crippen LogP contribution is -2.03. The van der Waals surface area contributed by atoms with Gasteiger partial charge in [-0.25, -0.2) is 9.97 Å². The van der Waals surface area contributed by atoms with Gasteiger partial charge in [0.2, 0.25) is 0 Å². The minimum absolute atomic E-state index is 0.482. The molecule has 0 saturated carbocycles. The Morgan fingerprint density at radius 1 is 1.56 bits per heavy atom. The van der Waals surface area contributed by atoms with Crippen LogP contribution in [0.2, 0.25) is 0 Å².